The van der Waals surface area contributed by atoms with Gasteiger partial charge in [-0.2, -0.15) is 0 Å². The number of halogens is 1. The SMILES string of the molecule is CO[C@H]([C@H]1CCC[C@@H](Sc2ncccn2)C1)[C@@H]1CC[C@H]1CN1C[C@]2(CCCc3cc(Cl)ccc32)COc2ccc(C(=O)O)cc21. The number of fused-ring (bicyclic) bond motifs is 3. The third-order valence-electron chi connectivity index (χ3n) is 10.9. The minimum absolute atomic E-state index is 0.187. The number of carboxylic acids is 1. The summed E-state index contributed by atoms with van der Waals surface area (Å²) in [4.78, 5) is 23.4. The second kappa shape index (κ2) is 13.1. The molecule has 0 saturated heterocycles. The number of carboxylic acid groups (broad SMARTS) is 1. The van der Waals surface area contributed by atoms with Crippen molar-refractivity contribution in [1.29, 1.82) is 0 Å². The smallest absolute Gasteiger partial charge is 0.335 e. The summed E-state index contributed by atoms with van der Waals surface area (Å²) >= 11 is 8.25. The molecule has 3 aromatic rings. The highest BCUT2D eigenvalue weighted by Crippen LogP contribution is 2.49. The summed E-state index contributed by atoms with van der Waals surface area (Å²) in [6.07, 6.45) is 14.0. The first kappa shape index (κ1) is 30.8. The number of benzene rings is 2. The average Bonchev–Trinajstić information content (AvgIpc) is 3.19. The van der Waals surface area contributed by atoms with Gasteiger partial charge in [0.1, 0.15) is 5.75 Å². The van der Waals surface area contributed by atoms with Crippen LogP contribution < -0.4 is 9.64 Å². The van der Waals surface area contributed by atoms with Crippen LogP contribution in [0.2, 0.25) is 5.02 Å². The molecule has 1 spiro atoms. The van der Waals surface area contributed by atoms with Gasteiger partial charge in [0.05, 0.1) is 24.0 Å². The fraction of sp³-hybridized carbons (Fsp3) is 0.528. The number of ether oxygens (including phenoxy) is 2. The molecule has 238 valence electrons. The molecule has 1 aromatic heterocycles. The van der Waals surface area contributed by atoms with Crippen LogP contribution in [-0.4, -0.2) is 59.2 Å². The van der Waals surface area contributed by atoms with Gasteiger partial charge >= 0.3 is 5.97 Å². The molecular weight excluding hydrogens is 606 g/mol. The number of thioether (sulfide) groups is 1. The topological polar surface area (TPSA) is 84.8 Å². The Labute approximate surface area is 275 Å². The number of aromatic carboxylic acids is 1. The van der Waals surface area contributed by atoms with Gasteiger partial charge < -0.3 is 19.5 Å². The monoisotopic (exact) mass is 647 g/mol. The molecule has 1 aliphatic heterocycles. The fourth-order valence-corrected chi connectivity index (χ4v) is 9.95. The molecule has 0 unspecified atom stereocenters. The van der Waals surface area contributed by atoms with E-state index < -0.39 is 5.97 Å². The first-order valence-corrected chi connectivity index (χ1v) is 17.7. The molecule has 7 rings (SSSR count). The van der Waals surface area contributed by atoms with E-state index in [0.29, 0.717) is 35.2 Å². The summed E-state index contributed by atoms with van der Waals surface area (Å²) in [7, 11) is 1.89. The maximum Gasteiger partial charge on any atom is 0.335 e. The maximum absolute atomic E-state index is 12.1. The van der Waals surface area contributed by atoms with Gasteiger partial charge in [-0.05, 0) is 117 Å². The van der Waals surface area contributed by atoms with E-state index in [1.807, 2.05) is 55.5 Å². The molecule has 9 heteroatoms. The van der Waals surface area contributed by atoms with Crippen molar-refractivity contribution in [1.82, 2.24) is 9.97 Å². The Hall–Kier alpha value is -2.81. The third-order valence-corrected chi connectivity index (χ3v) is 12.3. The van der Waals surface area contributed by atoms with Crippen molar-refractivity contribution in [2.75, 3.05) is 31.7 Å². The lowest BCUT2D eigenvalue weighted by atomic mass is 9.65. The van der Waals surface area contributed by atoms with E-state index in [1.54, 1.807) is 6.07 Å². The van der Waals surface area contributed by atoms with Gasteiger partial charge in [0.15, 0.2) is 5.16 Å². The Morgan fingerprint density at radius 1 is 1.16 bits per heavy atom. The molecule has 3 aliphatic carbocycles. The molecule has 0 bridgehead atoms. The normalized spacial score (nSPS) is 28.3. The molecule has 1 N–H and O–H groups in total. The van der Waals surface area contributed by atoms with E-state index in [4.69, 9.17) is 21.1 Å². The molecule has 2 saturated carbocycles. The van der Waals surface area contributed by atoms with Crippen LogP contribution in [0.4, 0.5) is 5.69 Å². The Balaban J connectivity index is 1.14. The second-order valence-electron chi connectivity index (χ2n) is 13.5. The highest BCUT2D eigenvalue weighted by Gasteiger charge is 2.46. The van der Waals surface area contributed by atoms with Gasteiger partial charge in [0, 0.05) is 48.3 Å². The van der Waals surface area contributed by atoms with E-state index in [9.17, 15) is 9.90 Å². The highest BCUT2D eigenvalue weighted by molar-refractivity contribution is 7.99. The summed E-state index contributed by atoms with van der Waals surface area (Å²) in [5.41, 5.74) is 3.63. The van der Waals surface area contributed by atoms with Crippen molar-refractivity contribution >= 4 is 35.0 Å². The number of hydrogen-bond acceptors (Lipinski definition) is 7. The van der Waals surface area contributed by atoms with Gasteiger partial charge in [0.2, 0.25) is 0 Å². The lowest BCUT2D eigenvalue weighted by Crippen LogP contribution is -2.51. The largest absolute Gasteiger partial charge is 0.490 e. The predicted molar refractivity (Wildman–Crippen MR) is 178 cm³/mol. The molecule has 2 heterocycles. The van der Waals surface area contributed by atoms with Gasteiger partial charge in [0.25, 0.3) is 0 Å². The zero-order valence-corrected chi connectivity index (χ0v) is 27.4. The summed E-state index contributed by atoms with van der Waals surface area (Å²) in [6, 6.07) is 13.5. The van der Waals surface area contributed by atoms with Crippen LogP contribution >= 0.6 is 23.4 Å². The van der Waals surface area contributed by atoms with Crippen LogP contribution in [0.1, 0.15) is 72.9 Å². The average molecular weight is 648 g/mol. The summed E-state index contributed by atoms with van der Waals surface area (Å²) in [5.74, 6) is 1.30. The predicted octanol–water partition coefficient (Wildman–Crippen LogP) is 7.69. The molecule has 4 aliphatic rings. The molecule has 2 fully saturated rings. The van der Waals surface area contributed by atoms with Crippen LogP contribution in [0.15, 0.2) is 60.0 Å². The van der Waals surface area contributed by atoms with Crippen LogP contribution in [0, 0.1) is 17.8 Å². The summed E-state index contributed by atoms with van der Waals surface area (Å²) in [5, 5.41) is 12.0. The molecule has 0 amide bonds. The number of methoxy groups -OCH3 is 1. The Morgan fingerprint density at radius 2 is 2.02 bits per heavy atom. The Bertz CT molecular complexity index is 1530. The van der Waals surface area contributed by atoms with Crippen molar-refractivity contribution in [2.24, 2.45) is 17.8 Å². The van der Waals surface area contributed by atoms with E-state index in [-0.39, 0.29) is 11.5 Å². The third kappa shape index (κ3) is 6.30. The molecular formula is C36H42ClN3O4S. The van der Waals surface area contributed by atoms with Crippen molar-refractivity contribution in [3.8, 4) is 5.75 Å². The van der Waals surface area contributed by atoms with E-state index in [2.05, 4.69) is 27.0 Å². The van der Waals surface area contributed by atoms with E-state index in [0.717, 1.165) is 73.2 Å². The number of anilines is 1. The number of hydrogen-bond donors (Lipinski definition) is 1. The van der Waals surface area contributed by atoms with Crippen molar-refractivity contribution in [3.05, 3.63) is 76.6 Å². The number of carbonyl (C=O) groups is 1. The molecule has 2 aromatic carbocycles. The number of nitrogens with zero attached hydrogens (tertiary/aromatic N) is 3. The van der Waals surface area contributed by atoms with Crippen molar-refractivity contribution < 1.29 is 19.4 Å². The second-order valence-corrected chi connectivity index (χ2v) is 15.2. The molecule has 45 heavy (non-hydrogen) atoms. The summed E-state index contributed by atoms with van der Waals surface area (Å²) in [6.45, 7) is 2.22. The minimum atomic E-state index is -0.916. The van der Waals surface area contributed by atoms with Crippen LogP contribution in [-0.2, 0) is 16.6 Å². The van der Waals surface area contributed by atoms with Gasteiger partial charge in [-0.25, -0.2) is 14.8 Å². The lowest BCUT2D eigenvalue weighted by Gasteiger charge is -2.48. The molecule has 0 radical (unpaired) electrons. The van der Waals surface area contributed by atoms with Crippen molar-refractivity contribution in [3.63, 3.8) is 0 Å². The molecule has 7 nitrogen and oxygen atoms in total. The standard InChI is InChI=1S/C36H42ClN3O4S/c1-43-33(24-5-2-7-28(18-24)45-35-38-15-4-16-39-35)29-11-8-26(29)20-40-21-36(14-3-6-23-17-27(37)10-12-30(23)36)22-44-32-13-9-25(34(41)42)19-31(32)40/h4,9-10,12-13,15-17,19,24,26,28-29,33H,2-3,5-8,11,14,18,20-22H2,1H3,(H,41,42)/t24-,26-,28+,29+,33+,36+/m0/s1. The fourth-order valence-electron chi connectivity index (χ4n) is 8.58. The van der Waals surface area contributed by atoms with Crippen LogP contribution in [0.5, 0.6) is 5.75 Å². The first-order valence-electron chi connectivity index (χ1n) is 16.4. The van der Waals surface area contributed by atoms with Gasteiger partial charge in [-0.3, -0.25) is 0 Å². The van der Waals surface area contributed by atoms with Gasteiger partial charge in [-0.1, -0.05) is 35.9 Å². The zero-order valence-electron chi connectivity index (χ0n) is 25.9. The van der Waals surface area contributed by atoms with Gasteiger partial charge in [-0.15, -0.1) is 0 Å². The lowest BCUT2D eigenvalue weighted by molar-refractivity contribution is -0.0587. The Morgan fingerprint density at radius 3 is 2.80 bits per heavy atom. The summed E-state index contributed by atoms with van der Waals surface area (Å²) < 4.78 is 12.9. The van der Waals surface area contributed by atoms with E-state index in [1.165, 1.54) is 30.4 Å². The minimum Gasteiger partial charge on any atom is -0.490 e. The highest BCUT2D eigenvalue weighted by atomic mass is 35.5. The van der Waals surface area contributed by atoms with Crippen molar-refractivity contribution in [2.45, 2.75) is 79.7 Å². The van der Waals surface area contributed by atoms with Crippen LogP contribution in [0.3, 0.4) is 0 Å². The molecule has 6 atom stereocenters. The number of aryl methyl sites for hydroxylation is 1. The van der Waals surface area contributed by atoms with Crippen LogP contribution in [0.25, 0.3) is 0 Å². The number of aromatic nitrogens is 2. The zero-order chi connectivity index (χ0) is 31.0. The first-order chi connectivity index (χ1) is 21.9. The Kier molecular flexibility index (Phi) is 8.99. The van der Waals surface area contributed by atoms with E-state index >= 15 is 0 Å². The maximum atomic E-state index is 12.1. The number of rotatable bonds is 8. The quantitative estimate of drug-likeness (QED) is 0.249.